The van der Waals surface area contributed by atoms with Gasteiger partial charge in [-0.2, -0.15) is 0 Å². The molecule has 0 fully saturated rings. The zero-order valence-electron chi connectivity index (χ0n) is 9.93. The third kappa shape index (κ3) is 2.10. The number of benzene rings is 1. The van der Waals surface area contributed by atoms with E-state index >= 15 is 0 Å². The minimum Gasteiger partial charge on any atom is -0.354 e. The van der Waals surface area contributed by atoms with Gasteiger partial charge in [0.1, 0.15) is 0 Å². The molecular weight excluding hydrogens is 202 g/mol. The van der Waals surface area contributed by atoms with Crippen LogP contribution in [0.25, 0.3) is 10.9 Å². The van der Waals surface area contributed by atoms with Crippen molar-refractivity contribution in [3.63, 3.8) is 0 Å². The molecule has 1 aromatic carbocycles. The van der Waals surface area contributed by atoms with Crippen molar-refractivity contribution in [3.05, 3.63) is 36.0 Å². The molecule has 0 bridgehead atoms. The molecule has 0 amide bonds. The molecule has 1 aromatic heterocycles. The molecule has 0 saturated carbocycles. The molecule has 0 spiro atoms. The Bertz CT molecular complexity index is 472. The fraction of sp³-hybridized carbons (Fsp3) is 0.385. The first-order chi connectivity index (χ1) is 7.74. The van der Waals surface area contributed by atoms with E-state index in [9.17, 15) is 0 Å². The van der Waals surface area contributed by atoms with Crippen molar-refractivity contribution in [2.45, 2.75) is 19.8 Å². The summed E-state index contributed by atoms with van der Waals surface area (Å²) in [7, 11) is 3.31. The summed E-state index contributed by atoms with van der Waals surface area (Å²) in [6.07, 6.45) is 1.87. The van der Waals surface area contributed by atoms with Crippen molar-refractivity contribution in [1.82, 2.24) is 4.57 Å². The molecule has 2 aromatic rings. The Labute approximate surface area is 95.6 Å². The van der Waals surface area contributed by atoms with Crippen molar-refractivity contribution in [3.8, 4) is 0 Å². The van der Waals surface area contributed by atoms with E-state index in [-0.39, 0.29) is 6.29 Å². The lowest BCUT2D eigenvalue weighted by Gasteiger charge is -2.14. The van der Waals surface area contributed by atoms with Gasteiger partial charge < -0.3 is 14.0 Å². The van der Waals surface area contributed by atoms with Gasteiger partial charge in [-0.15, -0.1) is 0 Å². The molecule has 0 radical (unpaired) electrons. The van der Waals surface area contributed by atoms with Gasteiger partial charge in [-0.1, -0.05) is 11.6 Å². The van der Waals surface area contributed by atoms with Gasteiger partial charge >= 0.3 is 0 Å². The highest BCUT2D eigenvalue weighted by Crippen LogP contribution is 2.18. The van der Waals surface area contributed by atoms with Crippen LogP contribution >= 0.6 is 0 Å². The van der Waals surface area contributed by atoms with Crippen molar-refractivity contribution in [2.75, 3.05) is 14.2 Å². The van der Waals surface area contributed by atoms with Gasteiger partial charge in [-0.3, -0.25) is 0 Å². The number of hydrogen-bond donors (Lipinski definition) is 0. The third-order valence-electron chi connectivity index (χ3n) is 2.80. The summed E-state index contributed by atoms with van der Waals surface area (Å²) in [4.78, 5) is 0. The molecule has 0 saturated heterocycles. The zero-order chi connectivity index (χ0) is 11.5. The molecule has 0 N–H and O–H groups in total. The maximum Gasteiger partial charge on any atom is 0.174 e. The van der Waals surface area contributed by atoms with E-state index < -0.39 is 0 Å². The Hall–Kier alpha value is -1.32. The Morgan fingerprint density at radius 1 is 1.19 bits per heavy atom. The Kier molecular flexibility index (Phi) is 3.27. The van der Waals surface area contributed by atoms with E-state index in [1.807, 2.05) is 0 Å². The Balaban J connectivity index is 2.31. The quantitative estimate of drug-likeness (QED) is 0.738. The normalized spacial score (nSPS) is 11.5. The molecule has 0 unspecified atom stereocenters. The van der Waals surface area contributed by atoms with Gasteiger partial charge in [0, 0.05) is 25.9 Å². The van der Waals surface area contributed by atoms with Crippen LogP contribution < -0.4 is 0 Å². The van der Waals surface area contributed by atoms with Crippen molar-refractivity contribution >= 4 is 10.9 Å². The van der Waals surface area contributed by atoms with Crippen molar-refractivity contribution in [1.29, 1.82) is 0 Å². The van der Waals surface area contributed by atoms with Crippen LogP contribution in [0.3, 0.4) is 0 Å². The molecule has 2 rings (SSSR count). The summed E-state index contributed by atoms with van der Waals surface area (Å²) < 4.78 is 12.6. The monoisotopic (exact) mass is 219 g/mol. The minimum atomic E-state index is -0.197. The number of rotatable bonds is 4. The van der Waals surface area contributed by atoms with Crippen LogP contribution in [0.5, 0.6) is 0 Å². The molecule has 0 aliphatic rings. The molecule has 16 heavy (non-hydrogen) atoms. The molecule has 0 aliphatic heterocycles. The number of aromatic nitrogens is 1. The average molecular weight is 219 g/mol. The predicted octanol–water partition coefficient (Wildman–Crippen LogP) is 2.57. The van der Waals surface area contributed by atoms with Gasteiger partial charge in [0.25, 0.3) is 0 Å². The molecule has 0 atom stereocenters. The first-order valence-electron chi connectivity index (χ1n) is 5.35. The van der Waals surface area contributed by atoms with Gasteiger partial charge in [-0.05, 0) is 30.5 Å². The second-order valence-electron chi connectivity index (χ2n) is 3.93. The van der Waals surface area contributed by atoms with Gasteiger partial charge in [0.05, 0.1) is 6.54 Å². The highest BCUT2D eigenvalue weighted by molar-refractivity contribution is 5.80. The van der Waals surface area contributed by atoms with Crippen LogP contribution in [0.1, 0.15) is 5.56 Å². The summed E-state index contributed by atoms with van der Waals surface area (Å²) in [6, 6.07) is 8.55. The maximum absolute atomic E-state index is 5.20. The second-order valence-corrected chi connectivity index (χ2v) is 3.93. The lowest BCUT2D eigenvalue weighted by atomic mass is 10.2. The predicted molar refractivity (Wildman–Crippen MR) is 64.5 cm³/mol. The molecule has 0 aliphatic carbocycles. The highest BCUT2D eigenvalue weighted by atomic mass is 16.7. The number of fused-ring (bicyclic) bond motifs is 1. The second kappa shape index (κ2) is 4.68. The lowest BCUT2D eigenvalue weighted by molar-refractivity contribution is -0.110. The summed E-state index contributed by atoms with van der Waals surface area (Å²) in [5, 5.41) is 1.26. The third-order valence-corrected chi connectivity index (χ3v) is 2.80. The zero-order valence-corrected chi connectivity index (χ0v) is 9.93. The molecule has 86 valence electrons. The summed E-state index contributed by atoms with van der Waals surface area (Å²) >= 11 is 0. The topological polar surface area (TPSA) is 23.4 Å². The maximum atomic E-state index is 5.20. The highest BCUT2D eigenvalue weighted by Gasteiger charge is 2.08. The number of methoxy groups -OCH3 is 2. The first-order valence-corrected chi connectivity index (χ1v) is 5.35. The average Bonchev–Trinajstić information content (AvgIpc) is 2.68. The van der Waals surface area contributed by atoms with E-state index in [4.69, 9.17) is 9.47 Å². The van der Waals surface area contributed by atoms with Crippen LogP contribution in [0.4, 0.5) is 0 Å². The number of aryl methyl sites for hydroxylation is 1. The van der Waals surface area contributed by atoms with Gasteiger partial charge in [-0.25, -0.2) is 0 Å². The molecule has 1 heterocycles. The molecular formula is C13H17NO2. The number of nitrogens with zero attached hydrogens (tertiary/aromatic N) is 1. The standard InChI is InChI=1S/C13H17NO2/c1-10-4-5-12-11(8-10)6-7-14(12)9-13(15-2)16-3/h4-8,13H,9H2,1-3H3. The van der Waals surface area contributed by atoms with Crippen LogP contribution in [0.15, 0.2) is 30.5 Å². The summed E-state index contributed by atoms with van der Waals surface area (Å²) in [6.45, 7) is 2.81. The van der Waals surface area contributed by atoms with Crippen molar-refractivity contribution in [2.24, 2.45) is 0 Å². The summed E-state index contributed by atoms with van der Waals surface area (Å²) in [5.74, 6) is 0. The summed E-state index contributed by atoms with van der Waals surface area (Å²) in [5.41, 5.74) is 2.49. The minimum absolute atomic E-state index is 0.197. The molecule has 3 heteroatoms. The van der Waals surface area contributed by atoms with Crippen LogP contribution in [0, 0.1) is 6.92 Å². The van der Waals surface area contributed by atoms with Crippen LogP contribution in [-0.2, 0) is 16.0 Å². The van der Waals surface area contributed by atoms with Crippen LogP contribution in [-0.4, -0.2) is 25.1 Å². The van der Waals surface area contributed by atoms with Gasteiger partial charge in [0.2, 0.25) is 0 Å². The largest absolute Gasteiger partial charge is 0.354 e. The SMILES string of the molecule is COC(Cn1ccc2cc(C)ccc21)OC. The fourth-order valence-electron chi connectivity index (χ4n) is 1.88. The van der Waals surface area contributed by atoms with Crippen LogP contribution in [0.2, 0.25) is 0 Å². The Morgan fingerprint density at radius 2 is 1.94 bits per heavy atom. The van der Waals surface area contributed by atoms with E-state index in [0.717, 1.165) is 0 Å². The fourth-order valence-corrected chi connectivity index (χ4v) is 1.88. The first kappa shape index (κ1) is 11.2. The van der Waals surface area contributed by atoms with E-state index in [2.05, 4.69) is 42.0 Å². The number of hydrogen-bond acceptors (Lipinski definition) is 2. The van der Waals surface area contributed by atoms with E-state index in [1.54, 1.807) is 14.2 Å². The lowest BCUT2D eigenvalue weighted by Crippen LogP contribution is -2.19. The molecule has 3 nitrogen and oxygen atoms in total. The Morgan fingerprint density at radius 3 is 2.62 bits per heavy atom. The number of ether oxygens (including phenoxy) is 2. The van der Waals surface area contributed by atoms with E-state index in [1.165, 1.54) is 16.5 Å². The van der Waals surface area contributed by atoms with Crippen molar-refractivity contribution < 1.29 is 9.47 Å². The van der Waals surface area contributed by atoms with E-state index in [0.29, 0.717) is 6.54 Å². The van der Waals surface area contributed by atoms with Gasteiger partial charge in [0.15, 0.2) is 6.29 Å². The smallest absolute Gasteiger partial charge is 0.174 e.